The number of rotatable bonds is 10. The summed E-state index contributed by atoms with van der Waals surface area (Å²) in [5.41, 5.74) is 11.1. The molecule has 3 aromatic heterocycles. The highest BCUT2D eigenvalue weighted by Gasteiger charge is 2.33. The van der Waals surface area contributed by atoms with Gasteiger partial charge in [0.25, 0.3) is 0 Å². The van der Waals surface area contributed by atoms with E-state index >= 15 is 0 Å². The summed E-state index contributed by atoms with van der Waals surface area (Å²) in [6.45, 7) is 23.0. The van der Waals surface area contributed by atoms with Crippen LogP contribution in [0.5, 0.6) is 11.5 Å². The first-order chi connectivity index (χ1) is 25.3. The van der Waals surface area contributed by atoms with E-state index in [1.54, 1.807) is 0 Å². The molecule has 1 aliphatic rings. The highest BCUT2D eigenvalue weighted by molar-refractivity contribution is 6.09. The Morgan fingerprint density at radius 3 is 2.38 bits per heavy atom. The summed E-state index contributed by atoms with van der Waals surface area (Å²) in [6, 6.07) is 26.2. The van der Waals surface area contributed by atoms with Gasteiger partial charge in [-0.15, -0.1) is 0 Å². The lowest BCUT2D eigenvalue weighted by Gasteiger charge is -2.33. The molecule has 276 valence electrons. The van der Waals surface area contributed by atoms with Gasteiger partial charge in [0.05, 0.1) is 22.4 Å². The van der Waals surface area contributed by atoms with E-state index in [9.17, 15) is 0 Å². The summed E-state index contributed by atoms with van der Waals surface area (Å²) in [5.74, 6) is 4.72. The average molecular weight is 707 g/mol. The minimum absolute atomic E-state index is 0.0872. The van der Waals surface area contributed by atoms with Crippen LogP contribution in [0.3, 0.4) is 0 Å². The molecule has 0 spiro atoms. The van der Waals surface area contributed by atoms with Crippen LogP contribution >= 0.6 is 0 Å². The summed E-state index contributed by atoms with van der Waals surface area (Å²) < 4.78 is 11.4. The Hall–Kier alpha value is -4.64. The Bertz CT molecular complexity index is 2290. The lowest BCUT2D eigenvalue weighted by molar-refractivity contribution is 0.389. The molecule has 0 unspecified atom stereocenters. The Balaban J connectivity index is 1.35. The van der Waals surface area contributed by atoms with Crippen molar-refractivity contribution in [2.75, 3.05) is 0 Å². The standard InChI is InChI=1S/C48H58N4O/c1-11-14-35-21-22-49-45(25-35)51-42-16-13-12-15-40(42)41-19-18-38(29-44(41)51)53-39-27-36(48(8,9)10)26-37(28-39)52-43(20-17-30(2)3)47(34(7)50-52)46-32(5)23-31(4)24-33(46)6/h12-13,15-16,18-19,21-23,25-31,33,46H,11,14,17,20,24H2,1-10H3/t31-,33-,46-/m0/s1. The lowest BCUT2D eigenvalue weighted by atomic mass is 9.72. The number of benzene rings is 3. The van der Waals surface area contributed by atoms with Crippen molar-refractivity contribution in [3.63, 3.8) is 0 Å². The van der Waals surface area contributed by atoms with Crippen LogP contribution < -0.4 is 4.74 Å². The number of para-hydroxylation sites is 1. The number of fused-ring (bicyclic) bond motifs is 3. The zero-order chi connectivity index (χ0) is 37.6. The fourth-order valence-corrected chi connectivity index (χ4v) is 8.80. The highest BCUT2D eigenvalue weighted by atomic mass is 16.5. The van der Waals surface area contributed by atoms with Crippen LogP contribution in [0, 0.1) is 24.7 Å². The molecule has 1 aliphatic carbocycles. The van der Waals surface area contributed by atoms with E-state index in [0.717, 1.165) is 65.4 Å². The van der Waals surface area contributed by atoms with Crippen LogP contribution in [0.4, 0.5) is 0 Å². The molecule has 6 aromatic rings. The van der Waals surface area contributed by atoms with E-state index in [1.807, 2.05) is 6.20 Å². The SMILES string of the molecule is CCCc1ccnc(-n2c3ccccc3c3ccc(Oc4cc(-n5nc(C)c([C@H]6C(C)=C[C@H](C)C[C@@H]6C)c5CCC(C)C)cc(C(C)(C)C)c4)cc32)c1. The van der Waals surface area contributed by atoms with Gasteiger partial charge in [-0.2, -0.15) is 5.10 Å². The van der Waals surface area contributed by atoms with E-state index in [2.05, 4.69) is 157 Å². The molecular formula is C48H58N4O. The van der Waals surface area contributed by atoms with Crippen molar-refractivity contribution in [2.45, 2.75) is 113 Å². The number of hydrogen-bond donors (Lipinski definition) is 0. The molecule has 0 fully saturated rings. The fourth-order valence-electron chi connectivity index (χ4n) is 8.80. The molecule has 0 bridgehead atoms. The summed E-state index contributed by atoms with van der Waals surface area (Å²) >= 11 is 0. The topological polar surface area (TPSA) is 44.9 Å². The molecule has 5 nitrogen and oxygen atoms in total. The van der Waals surface area contributed by atoms with Crippen LogP contribution in [0.1, 0.15) is 116 Å². The maximum Gasteiger partial charge on any atom is 0.137 e. The number of aryl methyl sites for hydroxylation is 2. The van der Waals surface area contributed by atoms with Crippen molar-refractivity contribution in [3.8, 4) is 23.0 Å². The summed E-state index contributed by atoms with van der Waals surface area (Å²) in [6.07, 6.45) is 9.87. The third-order valence-corrected chi connectivity index (χ3v) is 11.3. The van der Waals surface area contributed by atoms with Crippen LogP contribution in [0.15, 0.2) is 90.6 Å². The van der Waals surface area contributed by atoms with E-state index < -0.39 is 0 Å². The van der Waals surface area contributed by atoms with Crippen molar-refractivity contribution < 1.29 is 4.74 Å². The Morgan fingerprint density at radius 1 is 0.868 bits per heavy atom. The predicted molar refractivity (Wildman–Crippen MR) is 222 cm³/mol. The quantitative estimate of drug-likeness (QED) is 0.133. The van der Waals surface area contributed by atoms with Gasteiger partial charge < -0.3 is 4.74 Å². The van der Waals surface area contributed by atoms with Crippen LogP contribution in [0.25, 0.3) is 33.3 Å². The average Bonchev–Trinajstić information content (AvgIpc) is 3.60. The second-order valence-electron chi connectivity index (χ2n) is 17.2. The van der Waals surface area contributed by atoms with E-state index in [-0.39, 0.29) is 5.41 Å². The van der Waals surface area contributed by atoms with Crippen LogP contribution in [-0.2, 0) is 18.3 Å². The van der Waals surface area contributed by atoms with Crippen LogP contribution in [0.2, 0.25) is 0 Å². The molecule has 3 atom stereocenters. The van der Waals surface area contributed by atoms with E-state index in [4.69, 9.17) is 14.8 Å². The zero-order valence-electron chi connectivity index (χ0n) is 33.6. The largest absolute Gasteiger partial charge is 0.457 e. The first-order valence-corrected chi connectivity index (χ1v) is 19.9. The number of aromatic nitrogens is 4. The van der Waals surface area contributed by atoms with Crippen molar-refractivity contribution in [3.05, 3.63) is 119 Å². The molecule has 0 N–H and O–H groups in total. The van der Waals surface area contributed by atoms with Crippen molar-refractivity contribution >= 4 is 21.8 Å². The van der Waals surface area contributed by atoms with Gasteiger partial charge in [-0.05, 0) is 116 Å². The van der Waals surface area contributed by atoms with Gasteiger partial charge in [0, 0.05) is 46.3 Å². The zero-order valence-corrected chi connectivity index (χ0v) is 33.6. The Kier molecular flexibility index (Phi) is 10.1. The summed E-state index contributed by atoms with van der Waals surface area (Å²) in [4.78, 5) is 4.86. The van der Waals surface area contributed by atoms with Gasteiger partial charge in [-0.3, -0.25) is 4.57 Å². The smallest absolute Gasteiger partial charge is 0.137 e. The van der Waals surface area contributed by atoms with Gasteiger partial charge in [-0.25, -0.2) is 9.67 Å². The van der Waals surface area contributed by atoms with Crippen molar-refractivity contribution in [2.24, 2.45) is 17.8 Å². The minimum Gasteiger partial charge on any atom is -0.457 e. The Morgan fingerprint density at radius 2 is 1.64 bits per heavy atom. The molecular weight excluding hydrogens is 649 g/mol. The van der Waals surface area contributed by atoms with E-state index in [0.29, 0.717) is 23.7 Å². The maximum atomic E-state index is 6.89. The Labute approximate surface area is 317 Å². The van der Waals surface area contributed by atoms with E-state index in [1.165, 1.54) is 45.2 Å². The number of ether oxygens (including phenoxy) is 1. The molecule has 3 heterocycles. The number of hydrogen-bond acceptors (Lipinski definition) is 3. The summed E-state index contributed by atoms with van der Waals surface area (Å²) in [7, 11) is 0. The van der Waals surface area contributed by atoms with Crippen LogP contribution in [-0.4, -0.2) is 19.3 Å². The molecule has 0 amide bonds. The monoisotopic (exact) mass is 706 g/mol. The first kappa shape index (κ1) is 36.7. The number of pyridine rings is 1. The number of nitrogens with zero attached hydrogens (tertiary/aromatic N) is 4. The maximum absolute atomic E-state index is 6.89. The van der Waals surface area contributed by atoms with Gasteiger partial charge in [0.2, 0.25) is 0 Å². The third kappa shape index (κ3) is 7.32. The second kappa shape index (κ2) is 14.6. The van der Waals surface area contributed by atoms with Gasteiger partial charge in [-0.1, -0.05) is 91.7 Å². The van der Waals surface area contributed by atoms with Gasteiger partial charge in [0.15, 0.2) is 0 Å². The third-order valence-electron chi connectivity index (χ3n) is 11.3. The lowest BCUT2D eigenvalue weighted by Crippen LogP contribution is -2.21. The minimum atomic E-state index is -0.0872. The first-order valence-electron chi connectivity index (χ1n) is 19.9. The molecule has 53 heavy (non-hydrogen) atoms. The molecule has 7 rings (SSSR count). The normalized spacial score (nSPS) is 17.9. The fraction of sp³-hybridized carbons (Fsp3) is 0.417. The highest BCUT2D eigenvalue weighted by Crippen LogP contribution is 2.44. The molecule has 0 radical (unpaired) electrons. The molecule has 0 saturated heterocycles. The molecule has 3 aromatic carbocycles. The van der Waals surface area contributed by atoms with Gasteiger partial charge >= 0.3 is 0 Å². The molecule has 0 saturated carbocycles. The molecule has 5 heteroatoms. The summed E-state index contributed by atoms with van der Waals surface area (Å²) in [5, 5.41) is 7.74. The number of allylic oxidation sites excluding steroid dienone is 2. The van der Waals surface area contributed by atoms with Gasteiger partial charge in [0.1, 0.15) is 17.3 Å². The van der Waals surface area contributed by atoms with Crippen molar-refractivity contribution in [1.82, 2.24) is 19.3 Å². The van der Waals surface area contributed by atoms with Crippen molar-refractivity contribution in [1.29, 1.82) is 0 Å². The second-order valence-corrected chi connectivity index (χ2v) is 17.2. The predicted octanol–water partition coefficient (Wildman–Crippen LogP) is 13.0. The molecule has 0 aliphatic heterocycles.